The average molecular weight is 216 g/mol. The first-order chi connectivity index (χ1) is 7.68. The number of nitrogens with one attached hydrogen (secondary N) is 2. The molecule has 0 unspecified atom stereocenters. The lowest BCUT2D eigenvalue weighted by atomic mass is 10.1. The topological polar surface area (TPSA) is 87.6 Å². The molecule has 80 valence electrons. The smallest absolute Gasteiger partial charge is 0.296 e. The molecule has 0 saturated carbocycles. The van der Waals surface area contributed by atoms with Crippen molar-refractivity contribution in [1.82, 2.24) is 15.2 Å². The van der Waals surface area contributed by atoms with E-state index in [1.165, 1.54) is 6.07 Å². The summed E-state index contributed by atoms with van der Waals surface area (Å²) in [7, 11) is 0. The zero-order valence-electron chi connectivity index (χ0n) is 8.44. The number of hydrogen-bond donors (Lipinski definition) is 2. The molecule has 2 heterocycles. The molecule has 0 aliphatic heterocycles. The quantitative estimate of drug-likeness (QED) is 0.483. The number of non-ortho nitro benzene ring substituents is 1. The van der Waals surface area contributed by atoms with Crippen molar-refractivity contribution in [3.05, 3.63) is 34.1 Å². The van der Waals surface area contributed by atoms with Crippen LogP contribution in [0.3, 0.4) is 0 Å². The van der Waals surface area contributed by atoms with E-state index in [9.17, 15) is 10.1 Å². The third-order valence-electron chi connectivity index (χ3n) is 2.71. The Hall–Kier alpha value is -2.37. The number of benzene rings is 1. The fourth-order valence-electron chi connectivity index (χ4n) is 1.99. The van der Waals surface area contributed by atoms with Crippen LogP contribution in [-0.4, -0.2) is 20.1 Å². The summed E-state index contributed by atoms with van der Waals surface area (Å²) >= 11 is 0. The standard InChI is InChI=1S/C10H8N4O2/c1-5-3-11-10-7(14(15)16)2-6-4-12-13-9(6)8(5)10/h2-4,12-13H,1H3. The van der Waals surface area contributed by atoms with Crippen LogP contribution in [0.5, 0.6) is 0 Å². The molecule has 0 radical (unpaired) electrons. The number of nitro benzene ring substituents is 1. The van der Waals surface area contributed by atoms with E-state index in [0.717, 1.165) is 21.9 Å². The van der Waals surface area contributed by atoms with Gasteiger partial charge in [0.05, 0.1) is 10.4 Å². The number of aromatic nitrogens is 3. The second-order valence-electron chi connectivity index (χ2n) is 3.70. The lowest BCUT2D eigenvalue weighted by molar-refractivity contribution is -0.383. The minimum absolute atomic E-state index is 0.0450. The van der Waals surface area contributed by atoms with Crippen molar-refractivity contribution < 1.29 is 4.92 Å². The second kappa shape index (κ2) is 2.82. The molecule has 3 aromatic rings. The Balaban J connectivity index is 2.62. The van der Waals surface area contributed by atoms with Gasteiger partial charge in [-0.25, -0.2) is 4.98 Å². The first kappa shape index (κ1) is 8.90. The summed E-state index contributed by atoms with van der Waals surface area (Å²) in [4.78, 5) is 14.6. The number of H-pyrrole nitrogens is 2. The van der Waals surface area contributed by atoms with Crippen LogP contribution < -0.4 is 0 Å². The number of nitro groups is 1. The summed E-state index contributed by atoms with van der Waals surface area (Å²) in [6, 6.07) is 1.52. The third-order valence-corrected chi connectivity index (χ3v) is 2.71. The van der Waals surface area contributed by atoms with E-state index in [0.29, 0.717) is 5.52 Å². The molecule has 6 nitrogen and oxygen atoms in total. The molecule has 2 N–H and O–H groups in total. The number of nitrogens with zero attached hydrogens (tertiary/aromatic N) is 2. The van der Waals surface area contributed by atoms with Crippen LogP contribution in [-0.2, 0) is 0 Å². The van der Waals surface area contributed by atoms with E-state index < -0.39 is 4.92 Å². The van der Waals surface area contributed by atoms with E-state index in [2.05, 4.69) is 15.2 Å². The molecule has 16 heavy (non-hydrogen) atoms. The molecule has 0 spiro atoms. The Bertz CT molecular complexity index is 710. The van der Waals surface area contributed by atoms with Gasteiger partial charge in [0, 0.05) is 29.2 Å². The van der Waals surface area contributed by atoms with E-state index >= 15 is 0 Å². The Morgan fingerprint density at radius 1 is 1.50 bits per heavy atom. The lowest BCUT2D eigenvalue weighted by Gasteiger charge is -1.96. The van der Waals surface area contributed by atoms with Crippen molar-refractivity contribution in [2.75, 3.05) is 0 Å². The first-order valence-electron chi connectivity index (χ1n) is 4.76. The van der Waals surface area contributed by atoms with E-state index in [-0.39, 0.29) is 5.69 Å². The molecule has 3 rings (SSSR count). The van der Waals surface area contributed by atoms with Gasteiger partial charge in [-0.3, -0.25) is 10.1 Å². The number of fused-ring (bicyclic) bond motifs is 3. The second-order valence-corrected chi connectivity index (χ2v) is 3.70. The zero-order chi connectivity index (χ0) is 11.3. The van der Waals surface area contributed by atoms with Crippen LogP contribution in [0.15, 0.2) is 18.5 Å². The Morgan fingerprint density at radius 3 is 3.06 bits per heavy atom. The monoisotopic (exact) mass is 216 g/mol. The van der Waals surface area contributed by atoms with E-state index in [1.807, 2.05) is 6.92 Å². The van der Waals surface area contributed by atoms with Gasteiger partial charge in [-0.05, 0) is 12.5 Å². The predicted molar refractivity (Wildman–Crippen MR) is 59.3 cm³/mol. The van der Waals surface area contributed by atoms with Crippen LogP contribution in [0.25, 0.3) is 21.8 Å². The van der Waals surface area contributed by atoms with Gasteiger partial charge in [0.25, 0.3) is 5.69 Å². The van der Waals surface area contributed by atoms with Gasteiger partial charge in [-0.15, -0.1) is 0 Å². The molecule has 0 atom stereocenters. The van der Waals surface area contributed by atoms with Crippen LogP contribution in [0.4, 0.5) is 5.69 Å². The van der Waals surface area contributed by atoms with Gasteiger partial charge in [-0.2, -0.15) is 0 Å². The van der Waals surface area contributed by atoms with Crippen molar-refractivity contribution in [3.8, 4) is 0 Å². The Morgan fingerprint density at radius 2 is 2.31 bits per heavy atom. The van der Waals surface area contributed by atoms with Crippen LogP contribution in [0, 0.1) is 17.0 Å². The molecule has 0 saturated heterocycles. The number of aryl methyl sites for hydroxylation is 1. The number of aromatic amines is 2. The van der Waals surface area contributed by atoms with Crippen LogP contribution in [0.2, 0.25) is 0 Å². The van der Waals surface area contributed by atoms with Gasteiger partial charge in [0.2, 0.25) is 0 Å². The molecule has 0 fully saturated rings. The summed E-state index contributed by atoms with van der Waals surface area (Å²) in [5, 5.41) is 18.3. The summed E-state index contributed by atoms with van der Waals surface area (Å²) in [6.07, 6.45) is 3.35. The normalized spacial score (nSPS) is 11.3. The maximum atomic E-state index is 10.9. The van der Waals surface area contributed by atoms with Crippen LogP contribution >= 0.6 is 0 Å². The lowest BCUT2D eigenvalue weighted by Crippen LogP contribution is -1.89. The van der Waals surface area contributed by atoms with Crippen molar-refractivity contribution >= 4 is 27.5 Å². The Labute approximate surface area is 89.4 Å². The minimum atomic E-state index is -0.402. The minimum Gasteiger partial charge on any atom is -0.307 e. The fourth-order valence-corrected chi connectivity index (χ4v) is 1.99. The maximum Gasteiger partial charge on any atom is 0.296 e. The van der Waals surface area contributed by atoms with Gasteiger partial charge in [-0.1, -0.05) is 0 Å². The highest BCUT2D eigenvalue weighted by atomic mass is 16.6. The molecule has 0 bridgehead atoms. The van der Waals surface area contributed by atoms with Gasteiger partial charge in [0.1, 0.15) is 0 Å². The molecule has 1 aromatic carbocycles. The maximum absolute atomic E-state index is 10.9. The van der Waals surface area contributed by atoms with Crippen molar-refractivity contribution in [1.29, 1.82) is 0 Å². The van der Waals surface area contributed by atoms with Crippen molar-refractivity contribution in [2.24, 2.45) is 0 Å². The molecule has 2 aromatic heterocycles. The van der Waals surface area contributed by atoms with Crippen molar-refractivity contribution in [2.45, 2.75) is 6.92 Å². The van der Waals surface area contributed by atoms with Gasteiger partial charge >= 0.3 is 0 Å². The largest absolute Gasteiger partial charge is 0.307 e. The fraction of sp³-hybridized carbons (Fsp3) is 0.100. The average Bonchev–Trinajstić information content (AvgIpc) is 2.82. The summed E-state index contributed by atoms with van der Waals surface area (Å²) in [6.45, 7) is 1.89. The van der Waals surface area contributed by atoms with Crippen molar-refractivity contribution in [3.63, 3.8) is 0 Å². The summed E-state index contributed by atoms with van der Waals surface area (Å²) in [5.41, 5.74) is 2.27. The zero-order valence-corrected chi connectivity index (χ0v) is 8.44. The number of hydrogen-bond acceptors (Lipinski definition) is 3. The van der Waals surface area contributed by atoms with Gasteiger partial charge in [0.15, 0.2) is 5.52 Å². The van der Waals surface area contributed by atoms with Gasteiger partial charge < -0.3 is 10.2 Å². The first-order valence-corrected chi connectivity index (χ1v) is 4.76. The van der Waals surface area contributed by atoms with E-state index in [1.54, 1.807) is 12.4 Å². The predicted octanol–water partition coefficient (Wildman–Crippen LogP) is 2.26. The molecule has 0 aliphatic carbocycles. The van der Waals surface area contributed by atoms with Crippen LogP contribution in [0.1, 0.15) is 5.56 Å². The SMILES string of the molecule is Cc1cnc2c([N+](=O)[O-])cc3c[nH][nH]c3c12. The molecule has 0 amide bonds. The molecule has 6 heteroatoms. The van der Waals surface area contributed by atoms with E-state index in [4.69, 9.17) is 0 Å². The third kappa shape index (κ3) is 0.979. The summed E-state index contributed by atoms with van der Waals surface area (Å²) < 4.78 is 0. The molecular formula is C10H8N4O2. The Kier molecular flexibility index (Phi) is 1.57. The highest BCUT2D eigenvalue weighted by Crippen LogP contribution is 2.33. The number of rotatable bonds is 1. The molecule has 0 aliphatic rings. The molecular weight excluding hydrogens is 208 g/mol. The highest BCUT2D eigenvalue weighted by molar-refractivity contribution is 6.09. The highest BCUT2D eigenvalue weighted by Gasteiger charge is 2.19. The summed E-state index contributed by atoms with van der Waals surface area (Å²) in [5.74, 6) is 0.